The van der Waals surface area contributed by atoms with Gasteiger partial charge in [0, 0.05) is 6.04 Å². The van der Waals surface area contributed by atoms with E-state index in [4.69, 9.17) is 0 Å². The van der Waals surface area contributed by atoms with Gasteiger partial charge >= 0.3 is 0 Å². The van der Waals surface area contributed by atoms with Crippen LogP contribution < -0.4 is 5.32 Å². The predicted molar refractivity (Wildman–Crippen MR) is 76.6 cm³/mol. The van der Waals surface area contributed by atoms with Crippen molar-refractivity contribution in [2.45, 2.75) is 76.9 Å². The summed E-state index contributed by atoms with van der Waals surface area (Å²) in [7, 11) is 0. The third-order valence-electron chi connectivity index (χ3n) is 5.65. The Hall–Kier alpha value is -0.570. The Kier molecular flexibility index (Phi) is 4.11. The molecule has 3 atom stereocenters. The van der Waals surface area contributed by atoms with Gasteiger partial charge in [0.2, 0.25) is 5.91 Å². The molecule has 1 amide bonds. The van der Waals surface area contributed by atoms with Crippen LogP contribution >= 0.6 is 0 Å². The molecule has 3 aliphatic rings. The average molecular weight is 264 g/mol. The molecule has 3 unspecified atom stereocenters. The minimum atomic E-state index is 0.354. The molecule has 3 heteroatoms. The van der Waals surface area contributed by atoms with Crippen molar-refractivity contribution in [2.24, 2.45) is 11.8 Å². The van der Waals surface area contributed by atoms with Crippen LogP contribution in [0.5, 0.6) is 0 Å². The lowest BCUT2D eigenvalue weighted by Crippen LogP contribution is -2.51. The number of rotatable bonds is 3. The van der Waals surface area contributed by atoms with Gasteiger partial charge in [0.05, 0.1) is 12.7 Å². The molecule has 1 saturated heterocycles. The third-order valence-corrected chi connectivity index (χ3v) is 5.65. The summed E-state index contributed by atoms with van der Waals surface area (Å²) in [6.07, 6.45) is 12.1. The lowest BCUT2D eigenvalue weighted by atomic mass is 9.81. The number of hydrogen-bond donors (Lipinski definition) is 1. The molecular weight excluding hydrogens is 236 g/mol. The summed E-state index contributed by atoms with van der Waals surface area (Å²) in [5, 5.41) is 3.52. The molecule has 0 aromatic heterocycles. The first-order valence-electron chi connectivity index (χ1n) is 8.35. The molecule has 1 heterocycles. The highest BCUT2D eigenvalue weighted by atomic mass is 16.2. The van der Waals surface area contributed by atoms with Crippen LogP contribution in [0.25, 0.3) is 0 Å². The van der Waals surface area contributed by atoms with Crippen LogP contribution in [0.1, 0.15) is 64.7 Å². The number of nitrogens with zero attached hydrogens (tertiary/aromatic N) is 1. The van der Waals surface area contributed by atoms with Gasteiger partial charge in [0.25, 0.3) is 0 Å². The molecule has 0 aromatic carbocycles. The first kappa shape index (κ1) is 13.4. The minimum Gasteiger partial charge on any atom is -0.323 e. The summed E-state index contributed by atoms with van der Waals surface area (Å²) in [5.74, 6) is 1.81. The summed E-state index contributed by atoms with van der Waals surface area (Å²) in [6, 6.07) is 0.520. The molecule has 0 bridgehead atoms. The molecule has 1 aliphatic heterocycles. The largest absolute Gasteiger partial charge is 0.323 e. The van der Waals surface area contributed by atoms with Crippen molar-refractivity contribution in [1.82, 2.24) is 10.2 Å². The molecule has 2 saturated carbocycles. The van der Waals surface area contributed by atoms with Crippen molar-refractivity contribution in [2.75, 3.05) is 6.54 Å². The second-order valence-corrected chi connectivity index (χ2v) is 6.69. The zero-order chi connectivity index (χ0) is 13.2. The maximum absolute atomic E-state index is 12.4. The fraction of sp³-hybridized carbons (Fsp3) is 0.938. The fourth-order valence-corrected chi connectivity index (χ4v) is 4.63. The standard InChI is InChI=1S/C16H28N2O/c1-2-12-7-5-6-10-14(12)18-15(19)11-17-16(18)13-8-3-4-9-13/h12-14,16-17H,2-11H2,1H3. The maximum Gasteiger partial charge on any atom is 0.238 e. The van der Waals surface area contributed by atoms with Crippen LogP contribution in [0.3, 0.4) is 0 Å². The summed E-state index contributed by atoms with van der Waals surface area (Å²) in [5.41, 5.74) is 0. The number of carbonyl (C=O) groups is 1. The van der Waals surface area contributed by atoms with Crippen molar-refractivity contribution >= 4 is 5.91 Å². The molecule has 3 nitrogen and oxygen atoms in total. The highest BCUT2D eigenvalue weighted by Crippen LogP contribution is 2.37. The van der Waals surface area contributed by atoms with E-state index in [0.717, 1.165) is 5.92 Å². The SMILES string of the molecule is CCC1CCCCC1N1C(=O)CNC1C1CCCC1. The monoisotopic (exact) mass is 264 g/mol. The third kappa shape index (κ3) is 2.54. The van der Waals surface area contributed by atoms with Crippen molar-refractivity contribution in [3.63, 3.8) is 0 Å². The molecule has 108 valence electrons. The van der Waals surface area contributed by atoms with Gasteiger partial charge in [0.15, 0.2) is 0 Å². The summed E-state index contributed by atoms with van der Waals surface area (Å²) in [6.45, 7) is 2.87. The molecule has 0 spiro atoms. The molecule has 2 aliphatic carbocycles. The van der Waals surface area contributed by atoms with Gasteiger partial charge in [-0.15, -0.1) is 0 Å². The van der Waals surface area contributed by atoms with Crippen LogP contribution in [0.15, 0.2) is 0 Å². The first-order valence-corrected chi connectivity index (χ1v) is 8.35. The highest BCUT2D eigenvalue weighted by Gasteiger charge is 2.43. The quantitative estimate of drug-likeness (QED) is 0.850. The Balaban J connectivity index is 1.76. The van der Waals surface area contributed by atoms with E-state index < -0.39 is 0 Å². The number of carbonyl (C=O) groups excluding carboxylic acids is 1. The van der Waals surface area contributed by atoms with Crippen molar-refractivity contribution in [3.05, 3.63) is 0 Å². The van der Waals surface area contributed by atoms with Crippen LogP contribution in [0.2, 0.25) is 0 Å². The maximum atomic E-state index is 12.4. The van der Waals surface area contributed by atoms with E-state index in [1.165, 1.54) is 57.8 Å². The van der Waals surface area contributed by atoms with E-state index in [1.54, 1.807) is 0 Å². The Morgan fingerprint density at radius 3 is 2.53 bits per heavy atom. The normalized spacial score (nSPS) is 37.2. The van der Waals surface area contributed by atoms with Gasteiger partial charge in [-0.3, -0.25) is 10.1 Å². The number of nitrogens with one attached hydrogen (secondary N) is 1. The van der Waals surface area contributed by atoms with Gasteiger partial charge < -0.3 is 4.90 Å². The Labute approximate surface area is 117 Å². The number of hydrogen-bond acceptors (Lipinski definition) is 2. The van der Waals surface area contributed by atoms with Crippen molar-refractivity contribution < 1.29 is 4.79 Å². The summed E-state index contributed by atoms with van der Waals surface area (Å²) in [4.78, 5) is 14.6. The van der Waals surface area contributed by atoms with Crippen LogP contribution in [0, 0.1) is 11.8 Å². The van der Waals surface area contributed by atoms with Crippen molar-refractivity contribution in [3.8, 4) is 0 Å². The van der Waals surface area contributed by atoms with E-state index in [9.17, 15) is 4.79 Å². The van der Waals surface area contributed by atoms with Crippen molar-refractivity contribution in [1.29, 1.82) is 0 Å². The van der Waals surface area contributed by atoms with Gasteiger partial charge in [-0.2, -0.15) is 0 Å². The predicted octanol–water partition coefficient (Wildman–Crippen LogP) is 2.90. The molecule has 0 radical (unpaired) electrons. The van der Waals surface area contributed by atoms with Gasteiger partial charge in [-0.05, 0) is 37.5 Å². The second-order valence-electron chi connectivity index (χ2n) is 6.69. The van der Waals surface area contributed by atoms with E-state index in [-0.39, 0.29) is 0 Å². The summed E-state index contributed by atoms with van der Waals surface area (Å²) < 4.78 is 0. The van der Waals surface area contributed by atoms with Crippen LogP contribution in [-0.4, -0.2) is 29.6 Å². The zero-order valence-electron chi connectivity index (χ0n) is 12.2. The average Bonchev–Trinajstić information content (AvgIpc) is 3.07. The van der Waals surface area contributed by atoms with E-state index in [1.807, 2.05) is 0 Å². The molecule has 0 aromatic rings. The Morgan fingerprint density at radius 2 is 1.79 bits per heavy atom. The first-order chi connectivity index (χ1) is 9.31. The van der Waals surface area contributed by atoms with Crippen LogP contribution in [0.4, 0.5) is 0 Å². The molecule has 19 heavy (non-hydrogen) atoms. The van der Waals surface area contributed by atoms with Gasteiger partial charge in [0.1, 0.15) is 0 Å². The Bertz CT molecular complexity index is 325. The van der Waals surface area contributed by atoms with Gasteiger partial charge in [-0.1, -0.05) is 39.0 Å². The molecule has 3 fully saturated rings. The zero-order valence-corrected chi connectivity index (χ0v) is 12.2. The highest BCUT2D eigenvalue weighted by molar-refractivity contribution is 5.81. The van der Waals surface area contributed by atoms with Crippen LogP contribution in [-0.2, 0) is 4.79 Å². The fourth-order valence-electron chi connectivity index (χ4n) is 4.63. The number of amides is 1. The van der Waals surface area contributed by atoms with E-state index >= 15 is 0 Å². The topological polar surface area (TPSA) is 32.3 Å². The molecule has 3 rings (SSSR count). The molecule has 1 N–H and O–H groups in total. The minimum absolute atomic E-state index is 0.354. The van der Waals surface area contributed by atoms with Gasteiger partial charge in [-0.25, -0.2) is 0 Å². The summed E-state index contributed by atoms with van der Waals surface area (Å²) >= 11 is 0. The second kappa shape index (κ2) is 5.82. The Morgan fingerprint density at radius 1 is 1.11 bits per heavy atom. The van der Waals surface area contributed by atoms with E-state index in [2.05, 4.69) is 17.1 Å². The molecular formula is C16H28N2O. The lowest BCUT2D eigenvalue weighted by molar-refractivity contribution is -0.133. The lowest BCUT2D eigenvalue weighted by Gasteiger charge is -2.42. The smallest absolute Gasteiger partial charge is 0.238 e. The van der Waals surface area contributed by atoms with E-state index in [0.29, 0.717) is 30.6 Å².